The van der Waals surface area contributed by atoms with Crippen molar-refractivity contribution in [1.29, 1.82) is 0 Å². The van der Waals surface area contributed by atoms with E-state index in [1.807, 2.05) is 23.1 Å². The zero-order valence-electron chi connectivity index (χ0n) is 15.0. The molecule has 1 N–H and O–H groups in total. The number of carbonyl (C=O) groups excluding carboxylic acids is 1. The van der Waals surface area contributed by atoms with E-state index in [1.54, 1.807) is 24.4 Å². The fraction of sp³-hybridized carbons (Fsp3) is 0.400. The van der Waals surface area contributed by atoms with Crippen LogP contribution in [-0.4, -0.2) is 34.9 Å². The Bertz CT molecular complexity index is 714. The zero-order chi connectivity index (χ0) is 18.4. The van der Waals surface area contributed by atoms with Crippen LogP contribution in [0.4, 0.5) is 0 Å². The first-order valence-corrected chi connectivity index (χ1v) is 9.73. The van der Waals surface area contributed by atoms with Crippen LogP contribution in [0.5, 0.6) is 0 Å². The molecule has 1 aliphatic rings. The molecule has 0 saturated carbocycles. The number of benzene rings is 1. The number of nitrogens with one attached hydrogen (secondary N) is 1. The molecule has 0 aliphatic carbocycles. The molecule has 146 valence electrons. The summed E-state index contributed by atoms with van der Waals surface area (Å²) >= 11 is 12.5. The molecule has 0 spiro atoms. The Hall–Kier alpha value is -1.33. The molecular formula is C20H24Cl3N3O. The lowest BCUT2D eigenvalue weighted by atomic mass is 10.0. The summed E-state index contributed by atoms with van der Waals surface area (Å²) in [6.07, 6.45) is 4.95. The zero-order valence-corrected chi connectivity index (χ0v) is 17.4. The van der Waals surface area contributed by atoms with Gasteiger partial charge < -0.3 is 10.2 Å². The number of carbonyl (C=O) groups is 1. The third kappa shape index (κ3) is 6.08. The minimum atomic E-state index is 0. The van der Waals surface area contributed by atoms with Crippen molar-refractivity contribution in [2.45, 2.75) is 38.3 Å². The Morgan fingerprint density at radius 1 is 1.11 bits per heavy atom. The minimum Gasteiger partial charge on any atom is -0.333 e. The first-order valence-electron chi connectivity index (χ1n) is 8.98. The lowest BCUT2D eigenvalue weighted by Crippen LogP contribution is -2.41. The highest BCUT2D eigenvalue weighted by molar-refractivity contribution is 6.36. The summed E-state index contributed by atoms with van der Waals surface area (Å²) in [6.45, 7) is 2.42. The number of hydrogen-bond donors (Lipinski definition) is 1. The van der Waals surface area contributed by atoms with E-state index < -0.39 is 0 Å². The van der Waals surface area contributed by atoms with Crippen molar-refractivity contribution in [3.63, 3.8) is 0 Å². The number of nitrogens with zero attached hydrogens (tertiary/aromatic N) is 2. The fourth-order valence-corrected chi connectivity index (χ4v) is 3.88. The van der Waals surface area contributed by atoms with E-state index >= 15 is 0 Å². The molecule has 7 heteroatoms. The molecule has 1 amide bonds. The van der Waals surface area contributed by atoms with Gasteiger partial charge in [-0.1, -0.05) is 35.3 Å². The summed E-state index contributed by atoms with van der Waals surface area (Å²) in [7, 11) is 0. The highest BCUT2D eigenvalue weighted by Crippen LogP contribution is 2.26. The Kier molecular flexibility index (Phi) is 8.84. The molecule has 1 saturated heterocycles. The Labute approximate surface area is 176 Å². The Balaban J connectivity index is 0.00000261. The fourth-order valence-electron chi connectivity index (χ4n) is 3.35. The van der Waals surface area contributed by atoms with E-state index in [-0.39, 0.29) is 30.8 Å². The number of amides is 1. The van der Waals surface area contributed by atoms with Crippen LogP contribution in [0.15, 0.2) is 42.6 Å². The predicted octanol–water partition coefficient (Wildman–Crippen LogP) is 4.52. The summed E-state index contributed by atoms with van der Waals surface area (Å²) in [5.74, 6) is 0.0394. The lowest BCUT2D eigenvalue weighted by Gasteiger charge is -2.31. The second kappa shape index (κ2) is 10.9. The molecule has 1 aromatic heterocycles. The normalized spacial score (nSPS) is 16.9. The molecule has 1 atom stereocenters. The summed E-state index contributed by atoms with van der Waals surface area (Å²) in [5.41, 5.74) is 1.59. The van der Waals surface area contributed by atoms with Crippen molar-refractivity contribution in [1.82, 2.24) is 15.2 Å². The SMILES string of the molecule is Cl.O=C(Cc1c(Cl)cccc1Cl)N(Cc1ccccn1)C1CCCNCC1. The van der Waals surface area contributed by atoms with E-state index in [0.29, 0.717) is 22.2 Å². The molecule has 1 unspecified atom stereocenters. The maximum atomic E-state index is 13.2. The second-order valence-corrected chi connectivity index (χ2v) is 7.37. The number of hydrogen-bond acceptors (Lipinski definition) is 3. The molecule has 27 heavy (non-hydrogen) atoms. The van der Waals surface area contributed by atoms with Gasteiger partial charge in [-0.2, -0.15) is 0 Å². The van der Waals surface area contributed by atoms with Crippen LogP contribution in [0.3, 0.4) is 0 Å². The van der Waals surface area contributed by atoms with Crippen LogP contribution < -0.4 is 5.32 Å². The van der Waals surface area contributed by atoms with Gasteiger partial charge >= 0.3 is 0 Å². The molecule has 3 rings (SSSR count). The molecule has 2 aromatic rings. The monoisotopic (exact) mass is 427 g/mol. The second-order valence-electron chi connectivity index (χ2n) is 6.55. The summed E-state index contributed by atoms with van der Waals surface area (Å²) in [6, 6.07) is 11.3. The molecule has 1 aliphatic heterocycles. The summed E-state index contributed by atoms with van der Waals surface area (Å²) < 4.78 is 0. The molecular weight excluding hydrogens is 405 g/mol. The van der Waals surface area contributed by atoms with Gasteiger partial charge in [0.15, 0.2) is 0 Å². The summed E-state index contributed by atoms with van der Waals surface area (Å²) in [5, 5.41) is 4.47. The van der Waals surface area contributed by atoms with Crippen LogP contribution >= 0.6 is 35.6 Å². The summed E-state index contributed by atoms with van der Waals surface area (Å²) in [4.78, 5) is 19.5. The quantitative estimate of drug-likeness (QED) is 0.761. The van der Waals surface area contributed by atoms with Gasteiger partial charge in [-0.15, -0.1) is 12.4 Å². The predicted molar refractivity (Wildman–Crippen MR) is 113 cm³/mol. The van der Waals surface area contributed by atoms with Crippen LogP contribution in [0.1, 0.15) is 30.5 Å². The average molecular weight is 429 g/mol. The number of rotatable bonds is 5. The highest BCUT2D eigenvalue weighted by atomic mass is 35.5. The van der Waals surface area contributed by atoms with Crippen LogP contribution in [0, 0.1) is 0 Å². The Morgan fingerprint density at radius 3 is 2.59 bits per heavy atom. The first-order chi connectivity index (χ1) is 12.6. The largest absolute Gasteiger partial charge is 0.333 e. The van der Waals surface area contributed by atoms with E-state index in [4.69, 9.17) is 23.2 Å². The van der Waals surface area contributed by atoms with Crippen LogP contribution in [0.2, 0.25) is 10.0 Å². The highest BCUT2D eigenvalue weighted by Gasteiger charge is 2.26. The molecule has 0 bridgehead atoms. The van der Waals surface area contributed by atoms with E-state index in [9.17, 15) is 4.79 Å². The minimum absolute atomic E-state index is 0. The third-order valence-corrected chi connectivity index (χ3v) is 5.46. The molecule has 4 nitrogen and oxygen atoms in total. The van der Waals surface area contributed by atoms with Crippen LogP contribution in [-0.2, 0) is 17.8 Å². The van der Waals surface area contributed by atoms with Crippen molar-refractivity contribution in [2.75, 3.05) is 13.1 Å². The van der Waals surface area contributed by atoms with Gasteiger partial charge in [-0.05, 0) is 62.2 Å². The van der Waals surface area contributed by atoms with Gasteiger partial charge in [0.05, 0.1) is 18.7 Å². The van der Waals surface area contributed by atoms with E-state index in [0.717, 1.165) is 38.0 Å². The van der Waals surface area contributed by atoms with Gasteiger partial charge in [0, 0.05) is 22.3 Å². The van der Waals surface area contributed by atoms with Gasteiger partial charge in [-0.3, -0.25) is 9.78 Å². The van der Waals surface area contributed by atoms with Crippen molar-refractivity contribution >= 4 is 41.5 Å². The van der Waals surface area contributed by atoms with Crippen molar-refractivity contribution < 1.29 is 4.79 Å². The van der Waals surface area contributed by atoms with E-state index in [2.05, 4.69) is 10.3 Å². The van der Waals surface area contributed by atoms with Crippen molar-refractivity contribution in [3.05, 3.63) is 63.9 Å². The van der Waals surface area contributed by atoms with Gasteiger partial charge in [0.2, 0.25) is 5.91 Å². The van der Waals surface area contributed by atoms with Crippen molar-refractivity contribution in [2.24, 2.45) is 0 Å². The van der Waals surface area contributed by atoms with Gasteiger partial charge in [-0.25, -0.2) is 0 Å². The number of halogens is 3. The smallest absolute Gasteiger partial charge is 0.227 e. The number of pyridine rings is 1. The maximum Gasteiger partial charge on any atom is 0.227 e. The topological polar surface area (TPSA) is 45.2 Å². The average Bonchev–Trinajstić information content (AvgIpc) is 2.93. The molecule has 1 fully saturated rings. The van der Waals surface area contributed by atoms with Gasteiger partial charge in [0.25, 0.3) is 0 Å². The van der Waals surface area contributed by atoms with Gasteiger partial charge in [0.1, 0.15) is 0 Å². The number of aromatic nitrogens is 1. The standard InChI is InChI=1S/C20H23Cl2N3O.ClH/c21-18-7-3-8-19(22)17(18)13-20(26)25(14-15-5-1-2-11-24-15)16-6-4-10-23-12-9-16;/h1-3,5,7-8,11,16,23H,4,6,9-10,12-14H2;1H. The molecule has 2 heterocycles. The molecule has 1 aromatic carbocycles. The van der Waals surface area contributed by atoms with Crippen LogP contribution in [0.25, 0.3) is 0 Å². The van der Waals surface area contributed by atoms with E-state index in [1.165, 1.54) is 0 Å². The third-order valence-electron chi connectivity index (χ3n) is 4.75. The lowest BCUT2D eigenvalue weighted by molar-refractivity contribution is -0.133. The molecule has 0 radical (unpaired) electrons. The maximum absolute atomic E-state index is 13.2. The first kappa shape index (κ1) is 22.0. The van der Waals surface area contributed by atoms with Crippen molar-refractivity contribution in [3.8, 4) is 0 Å². The Morgan fingerprint density at radius 2 is 1.89 bits per heavy atom.